The summed E-state index contributed by atoms with van der Waals surface area (Å²) in [6, 6.07) is 20.3. The molecule has 13 heteroatoms. The Morgan fingerprint density at radius 3 is 2.35 bits per heavy atom. The Balaban J connectivity index is 1.16. The number of rotatable bonds is 8. The fourth-order valence-corrected chi connectivity index (χ4v) is 7.04. The summed E-state index contributed by atoms with van der Waals surface area (Å²) < 4.78 is 52.3. The van der Waals surface area contributed by atoms with Crippen LogP contribution in [0.2, 0.25) is 5.02 Å². The highest BCUT2D eigenvalue weighted by Crippen LogP contribution is 2.40. The second kappa shape index (κ2) is 14.8. The van der Waals surface area contributed by atoms with E-state index in [0.29, 0.717) is 66.5 Å². The molecule has 9 nitrogen and oxygen atoms in total. The third-order valence-electron chi connectivity index (χ3n) is 9.63. The van der Waals surface area contributed by atoms with Crippen molar-refractivity contribution in [3.63, 3.8) is 0 Å². The Bertz CT molecular complexity index is 1620. The first kappa shape index (κ1) is 35.3. The molecule has 262 valence electrons. The summed E-state index contributed by atoms with van der Waals surface area (Å²) in [5.74, 6) is -2.71. The first-order valence-electron chi connectivity index (χ1n) is 16.4. The lowest BCUT2D eigenvalue weighted by atomic mass is 9.84. The summed E-state index contributed by atoms with van der Waals surface area (Å²) in [5.41, 5.74) is 2.51. The van der Waals surface area contributed by atoms with Crippen molar-refractivity contribution in [3.05, 3.63) is 100 Å². The van der Waals surface area contributed by atoms with Gasteiger partial charge in [0.1, 0.15) is 6.04 Å². The van der Waals surface area contributed by atoms with Crippen molar-refractivity contribution < 1.29 is 42.4 Å². The third kappa shape index (κ3) is 8.28. The van der Waals surface area contributed by atoms with Gasteiger partial charge in [-0.05, 0) is 66.6 Å². The van der Waals surface area contributed by atoms with Crippen LogP contribution in [0.4, 0.5) is 18.9 Å². The number of hydrogen-bond donors (Lipinski definition) is 3. The molecule has 3 saturated heterocycles. The first-order chi connectivity index (χ1) is 23.4. The number of halogens is 4. The maximum absolute atomic E-state index is 13.1. The molecule has 3 fully saturated rings. The number of carbonyl (C=O) groups excluding carboxylic acids is 2. The topological polar surface area (TPSA) is 112 Å². The van der Waals surface area contributed by atoms with Crippen LogP contribution in [0.1, 0.15) is 66.8 Å². The van der Waals surface area contributed by atoms with Crippen molar-refractivity contribution in [2.75, 3.05) is 31.5 Å². The van der Waals surface area contributed by atoms with Crippen LogP contribution in [0.3, 0.4) is 0 Å². The number of nitrogens with zero attached hydrogens (tertiary/aromatic N) is 2. The van der Waals surface area contributed by atoms with E-state index in [1.165, 1.54) is 0 Å². The van der Waals surface area contributed by atoms with Crippen LogP contribution < -0.4 is 5.32 Å². The summed E-state index contributed by atoms with van der Waals surface area (Å²) in [7, 11) is 0. The number of alkyl halides is 3. The Morgan fingerprint density at radius 1 is 0.959 bits per heavy atom. The van der Waals surface area contributed by atoms with Gasteiger partial charge in [-0.25, -0.2) is 0 Å². The molecule has 0 saturated carbocycles. The predicted molar refractivity (Wildman–Crippen MR) is 175 cm³/mol. The first-order valence-corrected chi connectivity index (χ1v) is 16.8. The van der Waals surface area contributed by atoms with E-state index in [1.807, 2.05) is 36.4 Å². The Hall–Kier alpha value is -3.52. The number of aliphatic hydroxyl groups excluding tert-OH is 1. The number of anilines is 1. The van der Waals surface area contributed by atoms with E-state index >= 15 is 0 Å². The zero-order chi connectivity index (χ0) is 34.8. The zero-order valence-electron chi connectivity index (χ0n) is 26.7. The summed E-state index contributed by atoms with van der Waals surface area (Å²) in [6.45, 7) is 1.66. The van der Waals surface area contributed by atoms with Gasteiger partial charge in [0.05, 0.1) is 24.4 Å². The lowest BCUT2D eigenvalue weighted by molar-refractivity contribution is -0.253. The van der Waals surface area contributed by atoms with Gasteiger partial charge in [-0.2, -0.15) is 13.2 Å². The second-order valence-electron chi connectivity index (χ2n) is 13.0. The van der Waals surface area contributed by atoms with Crippen molar-refractivity contribution in [1.82, 2.24) is 9.80 Å². The van der Waals surface area contributed by atoms with E-state index in [9.17, 15) is 33.0 Å². The van der Waals surface area contributed by atoms with Crippen LogP contribution in [-0.4, -0.2) is 76.3 Å². The number of hydrogen-bond acceptors (Lipinski definition) is 7. The minimum absolute atomic E-state index is 0.0843. The Labute approximate surface area is 287 Å². The molecule has 49 heavy (non-hydrogen) atoms. The van der Waals surface area contributed by atoms with E-state index in [1.54, 1.807) is 36.4 Å². The van der Waals surface area contributed by atoms with Gasteiger partial charge in [0, 0.05) is 48.9 Å². The Kier molecular flexibility index (Phi) is 10.6. The van der Waals surface area contributed by atoms with Gasteiger partial charge >= 0.3 is 12.1 Å². The molecular formula is C36H39ClF3N3O6. The molecule has 3 aliphatic heterocycles. The minimum atomic E-state index is -5.06. The molecule has 0 spiro atoms. The number of amides is 2. The number of aliphatic hydroxyl groups is 2. The summed E-state index contributed by atoms with van der Waals surface area (Å²) in [4.78, 5) is 27.8. The largest absolute Gasteiger partial charge is 0.471 e. The molecule has 0 bridgehead atoms. The highest BCUT2D eigenvalue weighted by molar-refractivity contribution is 6.30. The van der Waals surface area contributed by atoms with E-state index < -0.39 is 35.9 Å². The molecule has 0 aromatic heterocycles. The van der Waals surface area contributed by atoms with Crippen LogP contribution >= 0.6 is 11.6 Å². The fourth-order valence-electron chi connectivity index (χ4n) is 6.91. The van der Waals surface area contributed by atoms with E-state index in [4.69, 9.17) is 21.1 Å². The maximum Gasteiger partial charge on any atom is 0.471 e. The van der Waals surface area contributed by atoms with Gasteiger partial charge < -0.3 is 34.8 Å². The number of benzene rings is 3. The van der Waals surface area contributed by atoms with Crippen LogP contribution in [0.5, 0.6) is 0 Å². The van der Waals surface area contributed by atoms with E-state index in [-0.39, 0.29) is 31.8 Å². The van der Waals surface area contributed by atoms with Crippen LogP contribution in [0.25, 0.3) is 0 Å². The fraction of sp³-hybridized carbons (Fsp3) is 0.444. The lowest BCUT2D eigenvalue weighted by Crippen LogP contribution is -2.48. The quantitative estimate of drug-likeness (QED) is 0.270. The van der Waals surface area contributed by atoms with Gasteiger partial charge in [0.15, 0.2) is 6.29 Å². The van der Waals surface area contributed by atoms with Crippen molar-refractivity contribution in [3.8, 4) is 0 Å². The van der Waals surface area contributed by atoms with Crippen LogP contribution in [-0.2, 0) is 31.3 Å². The number of piperidine rings is 1. The van der Waals surface area contributed by atoms with Crippen LogP contribution in [0.15, 0.2) is 72.8 Å². The lowest BCUT2D eigenvalue weighted by Gasteiger charge is -2.42. The molecule has 0 radical (unpaired) electrons. The normalized spacial score (nSPS) is 24.5. The highest BCUT2D eigenvalue weighted by atomic mass is 35.5. The van der Waals surface area contributed by atoms with Crippen molar-refractivity contribution in [2.45, 2.75) is 75.0 Å². The molecule has 3 N–H and O–H groups in total. The highest BCUT2D eigenvalue weighted by Gasteiger charge is 2.47. The number of nitrogens with one attached hydrogen (secondary N) is 1. The number of likely N-dealkylation sites (tertiary alicyclic amines) is 2. The zero-order valence-corrected chi connectivity index (χ0v) is 27.5. The molecule has 3 heterocycles. The molecular weight excluding hydrogens is 663 g/mol. The number of carbonyl (C=O) groups is 2. The number of ether oxygens (including phenoxy) is 2. The van der Waals surface area contributed by atoms with Gasteiger partial charge in [0.25, 0.3) is 0 Å². The Morgan fingerprint density at radius 2 is 1.67 bits per heavy atom. The van der Waals surface area contributed by atoms with E-state index in [2.05, 4.69) is 10.2 Å². The summed E-state index contributed by atoms with van der Waals surface area (Å²) in [6.07, 6.45) is -4.44. The molecule has 2 amide bonds. The van der Waals surface area contributed by atoms with Crippen molar-refractivity contribution in [1.29, 1.82) is 0 Å². The van der Waals surface area contributed by atoms with Gasteiger partial charge in [-0.15, -0.1) is 0 Å². The van der Waals surface area contributed by atoms with E-state index in [0.717, 1.165) is 16.7 Å². The van der Waals surface area contributed by atoms with Crippen LogP contribution in [0, 0.1) is 0 Å². The molecule has 4 atom stereocenters. The molecule has 0 aliphatic carbocycles. The molecule has 3 aromatic carbocycles. The monoisotopic (exact) mass is 701 g/mol. The standard InChI is InChI=1S/C36H39ClF3N3O6/c37-27-12-10-26(11-13-27)35(47)14-17-42(18-15-35)21-29-20-31(24-8-6-23(22-44)7-9-24)49-33(48-29)25-3-1-4-28(19-25)41-32(45)30-5-2-16-43(30)34(46)36(38,39)40/h1,3-4,6-13,19,29-31,33,44,47H,2,5,14-18,20-22H2,(H,41,45)/t29-,30+,31+,33+/m1/s1. The maximum atomic E-state index is 13.1. The van der Waals surface area contributed by atoms with Gasteiger partial charge in [-0.3, -0.25) is 9.59 Å². The average Bonchev–Trinajstić information content (AvgIpc) is 3.59. The van der Waals surface area contributed by atoms with Crippen molar-refractivity contribution >= 4 is 29.1 Å². The minimum Gasteiger partial charge on any atom is -0.392 e. The van der Waals surface area contributed by atoms with Gasteiger partial charge in [0.2, 0.25) is 5.91 Å². The molecule has 0 unspecified atom stereocenters. The van der Waals surface area contributed by atoms with Gasteiger partial charge in [-0.1, -0.05) is 60.1 Å². The van der Waals surface area contributed by atoms with Crippen molar-refractivity contribution in [2.24, 2.45) is 0 Å². The second-order valence-corrected chi connectivity index (χ2v) is 13.4. The molecule has 3 aromatic rings. The molecule has 3 aliphatic rings. The average molecular weight is 702 g/mol. The summed E-state index contributed by atoms with van der Waals surface area (Å²) in [5, 5.41) is 24.2. The third-order valence-corrected chi connectivity index (χ3v) is 9.88. The predicted octanol–water partition coefficient (Wildman–Crippen LogP) is 5.85. The summed E-state index contributed by atoms with van der Waals surface area (Å²) >= 11 is 6.05. The molecule has 6 rings (SSSR count). The SMILES string of the molecule is O=C(Nc1cccc([C@H]2O[C@@H](CN3CCC(O)(c4ccc(Cl)cc4)CC3)C[C@@H](c3ccc(CO)cc3)O2)c1)[C@@H]1CCCN1C(=O)C(F)(F)F. The smallest absolute Gasteiger partial charge is 0.392 e.